The molecule has 1 aromatic carbocycles. The molecule has 0 radical (unpaired) electrons. The minimum Gasteiger partial charge on any atom is -0.491 e. The van der Waals surface area contributed by atoms with Gasteiger partial charge in [0.2, 0.25) is 5.91 Å². The Morgan fingerprint density at radius 3 is 2.70 bits per heavy atom. The molecule has 0 saturated heterocycles. The van der Waals surface area contributed by atoms with E-state index < -0.39 is 0 Å². The smallest absolute Gasteiger partial charge is 0.234 e. The molecule has 1 rings (SSSR count). The van der Waals surface area contributed by atoms with Gasteiger partial charge in [0.25, 0.3) is 0 Å². The largest absolute Gasteiger partial charge is 0.491 e. The predicted octanol–water partition coefficient (Wildman–Crippen LogP) is 2.43. The zero-order valence-corrected chi connectivity index (χ0v) is 12.5. The summed E-state index contributed by atoms with van der Waals surface area (Å²) in [5, 5.41) is 5.93. The van der Waals surface area contributed by atoms with E-state index in [0.717, 1.165) is 11.3 Å². The molecule has 0 aliphatic heterocycles. The summed E-state index contributed by atoms with van der Waals surface area (Å²) in [6, 6.07) is 7.68. The molecule has 1 unspecified atom stereocenters. The Balaban J connectivity index is 2.64. The minimum atomic E-state index is -0.0945. The fourth-order valence-corrected chi connectivity index (χ4v) is 1.86. The van der Waals surface area contributed by atoms with Crippen molar-refractivity contribution in [1.82, 2.24) is 10.6 Å². The van der Waals surface area contributed by atoms with E-state index in [0.29, 0.717) is 6.54 Å². The Morgan fingerprint density at radius 2 is 2.05 bits per heavy atom. The average molecular weight is 276 g/mol. The third kappa shape index (κ3) is 5.45. The summed E-state index contributed by atoms with van der Waals surface area (Å²) < 4.78 is 5.77. The third-order valence-electron chi connectivity index (χ3n) is 2.70. The van der Waals surface area contributed by atoms with Gasteiger partial charge < -0.3 is 15.4 Å². The fraction of sp³-hybridized carbons (Fsp3) is 0.438. The molecule has 0 spiro atoms. The summed E-state index contributed by atoms with van der Waals surface area (Å²) in [5.41, 5.74) is 0.985. The summed E-state index contributed by atoms with van der Waals surface area (Å²) in [6.07, 6.45) is 1.83. The molecule has 20 heavy (non-hydrogen) atoms. The number of carbonyl (C=O) groups excluding carboxylic acids is 1. The zero-order valence-electron chi connectivity index (χ0n) is 12.5. The summed E-state index contributed by atoms with van der Waals surface area (Å²) in [4.78, 5) is 11.8. The first-order chi connectivity index (χ1) is 9.54. The van der Waals surface area contributed by atoms with Crippen LogP contribution in [0.5, 0.6) is 5.75 Å². The molecule has 1 aromatic rings. The highest BCUT2D eigenvalue weighted by Crippen LogP contribution is 2.25. The Hall–Kier alpha value is -1.81. The minimum absolute atomic E-state index is 0.0429. The van der Waals surface area contributed by atoms with Crippen LogP contribution in [-0.4, -0.2) is 25.1 Å². The number of hydrogen-bond donors (Lipinski definition) is 2. The number of benzene rings is 1. The van der Waals surface area contributed by atoms with Gasteiger partial charge in [-0.25, -0.2) is 0 Å². The summed E-state index contributed by atoms with van der Waals surface area (Å²) in [5.74, 6) is 0.771. The first kappa shape index (κ1) is 16.2. The Morgan fingerprint density at radius 1 is 1.35 bits per heavy atom. The van der Waals surface area contributed by atoms with Crippen LogP contribution in [0.3, 0.4) is 0 Å². The van der Waals surface area contributed by atoms with Gasteiger partial charge in [0, 0.05) is 12.1 Å². The molecular formula is C16H24N2O2. The molecule has 2 N–H and O–H groups in total. The highest BCUT2D eigenvalue weighted by molar-refractivity contribution is 5.78. The van der Waals surface area contributed by atoms with Crippen molar-refractivity contribution in [1.29, 1.82) is 0 Å². The second kappa shape index (κ2) is 8.38. The third-order valence-corrected chi connectivity index (χ3v) is 2.70. The summed E-state index contributed by atoms with van der Waals surface area (Å²) in [6.45, 7) is 10.4. The lowest BCUT2D eigenvalue weighted by Gasteiger charge is -2.19. The summed E-state index contributed by atoms with van der Waals surface area (Å²) >= 11 is 0. The van der Waals surface area contributed by atoms with Gasteiger partial charge in [-0.2, -0.15) is 0 Å². The van der Waals surface area contributed by atoms with E-state index in [1.807, 2.05) is 45.0 Å². The van der Waals surface area contributed by atoms with Gasteiger partial charge in [-0.15, -0.1) is 6.58 Å². The van der Waals surface area contributed by atoms with Crippen molar-refractivity contribution >= 4 is 5.91 Å². The van der Waals surface area contributed by atoms with Gasteiger partial charge in [0.1, 0.15) is 5.75 Å². The lowest BCUT2D eigenvalue weighted by molar-refractivity contribution is -0.120. The molecule has 0 bridgehead atoms. The highest BCUT2D eigenvalue weighted by Gasteiger charge is 2.14. The van der Waals surface area contributed by atoms with E-state index in [1.54, 1.807) is 6.08 Å². The number of rotatable bonds is 8. The van der Waals surface area contributed by atoms with Crippen molar-refractivity contribution in [3.63, 3.8) is 0 Å². The summed E-state index contributed by atoms with van der Waals surface area (Å²) in [7, 11) is 0. The maximum absolute atomic E-state index is 11.8. The lowest BCUT2D eigenvalue weighted by Crippen LogP contribution is -2.35. The van der Waals surface area contributed by atoms with Gasteiger partial charge in [-0.05, 0) is 26.8 Å². The van der Waals surface area contributed by atoms with Gasteiger partial charge >= 0.3 is 0 Å². The van der Waals surface area contributed by atoms with Crippen LogP contribution in [-0.2, 0) is 4.79 Å². The number of hydrogen-bond acceptors (Lipinski definition) is 3. The van der Waals surface area contributed by atoms with Gasteiger partial charge in [0.15, 0.2) is 0 Å². The highest BCUT2D eigenvalue weighted by atomic mass is 16.5. The van der Waals surface area contributed by atoms with Crippen LogP contribution in [0.4, 0.5) is 0 Å². The topological polar surface area (TPSA) is 50.4 Å². The van der Waals surface area contributed by atoms with Crippen LogP contribution in [0.1, 0.15) is 32.4 Å². The molecule has 1 atom stereocenters. The van der Waals surface area contributed by atoms with E-state index >= 15 is 0 Å². The van der Waals surface area contributed by atoms with E-state index in [9.17, 15) is 4.79 Å². The maximum atomic E-state index is 11.8. The molecule has 0 saturated carbocycles. The van der Waals surface area contributed by atoms with Crippen LogP contribution in [0.15, 0.2) is 36.9 Å². The first-order valence-electron chi connectivity index (χ1n) is 6.91. The predicted molar refractivity (Wildman–Crippen MR) is 81.8 cm³/mol. The van der Waals surface area contributed by atoms with Crippen LogP contribution < -0.4 is 15.4 Å². The van der Waals surface area contributed by atoms with E-state index in [4.69, 9.17) is 4.74 Å². The molecule has 1 amide bonds. The maximum Gasteiger partial charge on any atom is 0.234 e. The molecule has 110 valence electrons. The van der Waals surface area contributed by atoms with Crippen molar-refractivity contribution in [3.8, 4) is 5.75 Å². The number of carbonyl (C=O) groups is 1. The van der Waals surface area contributed by atoms with Crippen molar-refractivity contribution in [2.75, 3.05) is 13.1 Å². The molecule has 0 heterocycles. The van der Waals surface area contributed by atoms with E-state index in [2.05, 4.69) is 17.2 Å². The van der Waals surface area contributed by atoms with Gasteiger partial charge in [-0.3, -0.25) is 4.79 Å². The van der Waals surface area contributed by atoms with Crippen molar-refractivity contribution in [2.24, 2.45) is 0 Å². The molecule has 4 nitrogen and oxygen atoms in total. The number of amides is 1. The second-order valence-electron chi connectivity index (χ2n) is 4.91. The standard InChI is InChI=1S/C16H24N2O2/c1-5-10-17-11-16(19)18-13(4)14-8-6-7-9-15(14)20-12(2)3/h5-9,12-13,17H,1,10-11H2,2-4H3,(H,18,19). The SMILES string of the molecule is C=CCNCC(=O)NC(C)c1ccccc1OC(C)C. The fourth-order valence-electron chi connectivity index (χ4n) is 1.86. The molecule has 0 fully saturated rings. The van der Waals surface area contributed by atoms with Crippen molar-refractivity contribution in [2.45, 2.75) is 32.9 Å². The number of para-hydroxylation sites is 1. The number of nitrogens with one attached hydrogen (secondary N) is 2. The van der Waals surface area contributed by atoms with Crippen molar-refractivity contribution < 1.29 is 9.53 Å². The first-order valence-corrected chi connectivity index (χ1v) is 6.91. The van der Waals surface area contributed by atoms with Crippen LogP contribution >= 0.6 is 0 Å². The monoisotopic (exact) mass is 276 g/mol. The average Bonchev–Trinajstić information content (AvgIpc) is 2.38. The normalized spacial score (nSPS) is 12.0. The molecule has 0 aliphatic carbocycles. The zero-order chi connectivity index (χ0) is 15.0. The molecule has 0 aliphatic rings. The number of ether oxygens (including phenoxy) is 1. The Kier molecular flexibility index (Phi) is 6.81. The molecule has 4 heteroatoms. The quantitative estimate of drug-likeness (QED) is 0.566. The Labute approximate surface area is 121 Å². The van der Waals surface area contributed by atoms with Crippen LogP contribution in [0, 0.1) is 0 Å². The van der Waals surface area contributed by atoms with Crippen LogP contribution in [0.25, 0.3) is 0 Å². The molecule has 0 aromatic heterocycles. The molecular weight excluding hydrogens is 252 g/mol. The van der Waals surface area contributed by atoms with Crippen molar-refractivity contribution in [3.05, 3.63) is 42.5 Å². The van der Waals surface area contributed by atoms with Crippen LogP contribution in [0.2, 0.25) is 0 Å². The Bertz CT molecular complexity index is 444. The van der Waals surface area contributed by atoms with Gasteiger partial charge in [0.05, 0.1) is 18.7 Å². The second-order valence-corrected chi connectivity index (χ2v) is 4.91. The van der Waals surface area contributed by atoms with Gasteiger partial charge in [-0.1, -0.05) is 24.3 Å². The van der Waals surface area contributed by atoms with E-state index in [1.165, 1.54) is 0 Å². The van der Waals surface area contributed by atoms with E-state index in [-0.39, 0.29) is 24.6 Å². The lowest BCUT2D eigenvalue weighted by atomic mass is 10.1.